The van der Waals surface area contributed by atoms with Gasteiger partial charge in [-0.05, 0) is 44.7 Å². The van der Waals surface area contributed by atoms with Gasteiger partial charge in [0.05, 0.1) is 19.3 Å². The Morgan fingerprint density at radius 3 is 2.12 bits per heavy atom. The number of rotatable bonds is 7. The van der Waals surface area contributed by atoms with E-state index < -0.39 is 23.6 Å². The zero-order valence-corrected chi connectivity index (χ0v) is 16.1. The summed E-state index contributed by atoms with van der Waals surface area (Å²) in [4.78, 5) is 24.3. The van der Waals surface area contributed by atoms with E-state index in [-0.39, 0.29) is 6.61 Å². The summed E-state index contributed by atoms with van der Waals surface area (Å²) >= 11 is 0. The molecule has 0 fully saturated rings. The molecule has 0 saturated heterocycles. The number of carbonyl (C=O) groups is 2. The van der Waals surface area contributed by atoms with Crippen molar-refractivity contribution in [2.75, 3.05) is 19.0 Å². The highest BCUT2D eigenvalue weighted by Gasteiger charge is 2.25. The lowest BCUT2D eigenvalue weighted by atomic mass is 10.0. The normalized spacial score (nSPS) is 12.4. The number of ether oxygens (including phenoxy) is 2. The first-order chi connectivity index (χ1) is 11.7. The summed E-state index contributed by atoms with van der Waals surface area (Å²) in [7, 11) is 1.29. The second-order valence-electron chi connectivity index (χ2n) is 6.76. The molecule has 140 valence electrons. The zero-order valence-electron chi connectivity index (χ0n) is 16.1. The molecule has 6 heteroatoms. The van der Waals surface area contributed by atoms with Crippen molar-refractivity contribution in [2.45, 2.75) is 59.1 Å². The van der Waals surface area contributed by atoms with E-state index in [1.54, 1.807) is 0 Å². The number of para-hydroxylation sites is 1. The number of hydrogen-bond donors (Lipinski definition) is 2. The van der Waals surface area contributed by atoms with E-state index in [2.05, 4.69) is 10.6 Å². The van der Waals surface area contributed by atoms with Crippen LogP contribution >= 0.6 is 0 Å². The molecule has 6 nitrogen and oxygen atoms in total. The van der Waals surface area contributed by atoms with E-state index in [9.17, 15) is 9.59 Å². The van der Waals surface area contributed by atoms with Crippen molar-refractivity contribution in [2.24, 2.45) is 0 Å². The van der Waals surface area contributed by atoms with Crippen LogP contribution in [0.4, 0.5) is 10.5 Å². The molecule has 0 aromatic heterocycles. The maximum Gasteiger partial charge on any atom is 0.330 e. The molecule has 25 heavy (non-hydrogen) atoms. The highest BCUT2D eigenvalue weighted by atomic mass is 16.5. The summed E-state index contributed by atoms with van der Waals surface area (Å²) in [5, 5.41) is 5.52. The Morgan fingerprint density at radius 2 is 1.68 bits per heavy atom. The van der Waals surface area contributed by atoms with Crippen molar-refractivity contribution < 1.29 is 19.1 Å². The fourth-order valence-electron chi connectivity index (χ4n) is 2.36. The van der Waals surface area contributed by atoms with E-state index in [1.165, 1.54) is 7.11 Å². The fraction of sp³-hybridized carbons (Fsp3) is 0.579. The molecule has 1 atom stereocenters. The number of anilines is 1. The molecule has 0 bridgehead atoms. The maximum absolute atomic E-state index is 12.4. The van der Waals surface area contributed by atoms with Crippen LogP contribution < -0.4 is 10.6 Å². The average molecular weight is 350 g/mol. The molecule has 0 spiro atoms. The summed E-state index contributed by atoms with van der Waals surface area (Å²) in [5.41, 5.74) is 2.48. The lowest BCUT2D eigenvalue weighted by molar-refractivity contribution is -0.145. The highest BCUT2D eigenvalue weighted by Crippen LogP contribution is 2.22. The van der Waals surface area contributed by atoms with Crippen LogP contribution in [0.1, 0.15) is 45.7 Å². The van der Waals surface area contributed by atoms with Gasteiger partial charge in [-0.1, -0.05) is 32.0 Å². The first-order valence-corrected chi connectivity index (χ1v) is 8.61. The van der Waals surface area contributed by atoms with Gasteiger partial charge < -0.3 is 20.1 Å². The van der Waals surface area contributed by atoms with Crippen LogP contribution in [0, 0.1) is 0 Å². The molecule has 0 aliphatic heterocycles. The van der Waals surface area contributed by atoms with Gasteiger partial charge in [0.1, 0.15) is 0 Å². The van der Waals surface area contributed by atoms with Crippen molar-refractivity contribution in [3.8, 4) is 0 Å². The summed E-state index contributed by atoms with van der Waals surface area (Å²) in [6.07, 6.45) is 1.61. The Morgan fingerprint density at radius 1 is 1.12 bits per heavy atom. The van der Waals surface area contributed by atoms with Gasteiger partial charge in [0.15, 0.2) is 6.04 Å². The predicted octanol–water partition coefficient (Wildman–Crippen LogP) is 3.29. The quantitative estimate of drug-likeness (QED) is 0.740. The number of hydrogen-bond acceptors (Lipinski definition) is 4. The third-order valence-corrected chi connectivity index (χ3v) is 3.71. The SMILES string of the molecule is CCc1cccc(CC)c1NC(=O)NC(COC(C)(C)C)C(=O)OC. The molecule has 2 amide bonds. The first-order valence-electron chi connectivity index (χ1n) is 8.61. The molecular weight excluding hydrogens is 320 g/mol. The first kappa shape index (κ1) is 21.0. The lowest BCUT2D eigenvalue weighted by Crippen LogP contribution is -2.47. The molecule has 1 unspecified atom stereocenters. The van der Waals surface area contributed by atoms with Gasteiger partial charge in [-0.15, -0.1) is 0 Å². The number of benzene rings is 1. The lowest BCUT2D eigenvalue weighted by Gasteiger charge is -2.24. The molecule has 2 N–H and O–H groups in total. The summed E-state index contributed by atoms with van der Waals surface area (Å²) in [6, 6.07) is 4.62. The predicted molar refractivity (Wildman–Crippen MR) is 98.9 cm³/mol. The second-order valence-corrected chi connectivity index (χ2v) is 6.76. The third-order valence-electron chi connectivity index (χ3n) is 3.71. The standard InChI is InChI=1S/C19H30N2O4/c1-7-13-10-9-11-14(8-2)16(13)21-18(23)20-15(17(22)24-6)12-25-19(3,4)5/h9-11,15H,7-8,12H2,1-6H3,(H2,20,21,23). The highest BCUT2D eigenvalue weighted by molar-refractivity contribution is 5.94. The van der Waals surface area contributed by atoms with Crippen molar-refractivity contribution in [1.29, 1.82) is 0 Å². The van der Waals surface area contributed by atoms with Crippen LogP contribution in [-0.4, -0.2) is 37.4 Å². The van der Waals surface area contributed by atoms with Crippen molar-refractivity contribution in [3.05, 3.63) is 29.3 Å². The molecule has 1 rings (SSSR count). The minimum absolute atomic E-state index is 0.0413. The number of aryl methyl sites for hydroxylation is 2. The Labute approximate surface area is 150 Å². The zero-order chi connectivity index (χ0) is 19.0. The molecule has 0 aliphatic rings. The summed E-state index contributed by atoms with van der Waals surface area (Å²) in [6.45, 7) is 9.75. The van der Waals surface area contributed by atoms with Crippen molar-refractivity contribution in [3.63, 3.8) is 0 Å². The number of amides is 2. The third kappa shape index (κ3) is 6.74. The molecule has 1 aromatic carbocycles. The Hall–Kier alpha value is -2.08. The Balaban J connectivity index is 2.86. The fourth-order valence-corrected chi connectivity index (χ4v) is 2.36. The van der Waals surface area contributed by atoms with E-state index >= 15 is 0 Å². The minimum atomic E-state index is -0.872. The maximum atomic E-state index is 12.4. The summed E-state index contributed by atoms with van der Waals surface area (Å²) in [5.74, 6) is -0.543. The minimum Gasteiger partial charge on any atom is -0.467 e. The van der Waals surface area contributed by atoms with Crippen LogP contribution in [0.5, 0.6) is 0 Å². The second kappa shape index (κ2) is 9.42. The molecule has 0 heterocycles. The molecule has 0 aliphatic carbocycles. The Bertz CT molecular complexity index is 571. The Kier molecular flexibility index (Phi) is 7.90. The van der Waals surface area contributed by atoms with E-state index in [0.717, 1.165) is 29.7 Å². The van der Waals surface area contributed by atoms with Crippen LogP contribution in [0.2, 0.25) is 0 Å². The van der Waals surface area contributed by atoms with Crippen LogP contribution in [0.15, 0.2) is 18.2 Å². The van der Waals surface area contributed by atoms with Gasteiger partial charge in [-0.3, -0.25) is 0 Å². The topological polar surface area (TPSA) is 76.7 Å². The van der Waals surface area contributed by atoms with Crippen LogP contribution in [0.25, 0.3) is 0 Å². The molecule has 1 aromatic rings. The number of urea groups is 1. The molecule has 0 saturated carbocycles. The van der Waals surface area contributed by atoms with Crippen LogP contribution in [0.3, 0.4) is 0 Å². The van der Waals surface area contributed by atoms with Crippen molar-refractivity contribution >= 4 is 17.7 Å². The number of carbonyl (C=O) groups excluding carboxylic acids is 2. The average Bonchev–Trinajstić information content (AvgIpc) is 2.57. The largest absolute Gasteiger partial charge is 0.467 e. The van der Waals surface area contributed by atoms with Gasteiger partial charge in [-0.2, -0.15) is 0 Å². The van der Waals surface area contributed by atoms with Gasteiger partial charge >= 0.3 is 12.0 Å². The summed E-state index contributed by atoms with van der Waals surface area (Å²) < 4.78 is 10.4. The molecule has 0 radical (unpaired) electrons. The number of esters is 1. The van der Waals surface area contributed by atoms with E-state index in [1.807, 2.05) is 52.8 Å². The van der Waals surface area contributed by atoms with Crippen molar-refractivity contribution in [1.82, 2.24) is 5.32 Å². The molecular formula is C19H30N2O4. The van der Waals surface area contributed by atoms with E-state index in [0.29, 0.717) is 0 Å². The number of methoxy groups -OCH3 is 1. The van der Waals surface area contributed by atoms with Crippen LogP contribution in [-0.2, 0) is 27.1 Å². The van der Waals surface area contributed by atoms with E-state index in [4.69, 9.17) is 9.47 Å². The van der Waals surface area contributed by atoms with Gasteiger partial charge in [0.25, 0.3) is 0 Å². The van der Waals surface area contributed by atoms with Gasteiger partial charge in [0.2, 0.25) is 0 Å². The smallest absolute Gasteiger partial charge is 0.330 e. The van der Waals surface area contributed by atoms with Gasteiger partial charge in [-0.25, -0.2) is 9.59 Å². The monoisotopic (exact) mass is 350 g/mol. The number of nitrogens with one attached hydrogen (secondary N) is 2. The van der Waals surface area contributed by atoms with Gasteiger partial charge in [0, 0.05) is 5.69 Å².